The second-order valence-electron chi connectivity index (χ2n) is 5.59. The summed E-state index contributed by atoms with van der Waals surface area (Å²) in [6.07, 6.45) is -4.74. The summed E-state index contributed by atoms with van der Waals surface area (Å²) in [5.41, 5.74) is 4.47. The zero-order valence-corrected chi connectivity index (χ0v) is 17.2. The van der Waals surface area contributed by atoms with Gasteiger partial charge in [-0.2, -0.15) is 13.6 Å². The van der Waals surface area contributed by atoms with Gasteiger partial charge in [-0.05, 0) is 6.07 Å². The molecular weight excluding hydrogens is 481 g/mol. The third-order valence-corrected chi connectivity index (χ3v) is 7.22. The molecule has 1 aromatic rings. The largest absolute Gasteiger partial charge is 0.490 e. The molecule has 0 radical (unpaired) electrons. The maximum atomic E-state index is 11.9. The number of rotatable bonds is 9. The number of hydrogen-bond acceptors (Lipinski definition) is 13. The van der Waals surface area contributed by atoms with Crippen molar-refractivity contribution in [2.24, 2.45) is 5.90 Å². The van der Waals surface area contributed by atoms with Gasteiger partial charge in [0.2, 0.25) is 0 Å². The van der Waals surface area contributed by atoms with Crippen LogP contribution in [0.15, 0.2) is 17.1 Å². The van der Waals surface area contributed by atoms with Gasteiger partial charge in [0.05, 0.1) is 6.61 Å². The van der Waals surface area contributed by atoms with E-state index < -0.39 is 60.3 Å². The number of nitrogens with zero attached hydrogens (tertiary/aromatic N) is 2. The SMILES string of the molecule is NOC1C(O)[C@@H](COP(=O)(O)OP(=O)(O)OP(=O)(O)O)O[C@H]1n1ccc(N)nc1=O. The van der Waals surface area contributed by atoms with Crippen molar-refractivity contribution < 1.29 is 61.1 Å². The lowest BCUT2D eigenvalue weighted by Crippen LogP contribution is -2.39. The molecule has 0 aromatic carbocycles. The van der Waals surface area contributed by atoms with Crippen LogP contribution in [-0.2, 0) is 36.4 Å². The Hall–Kier alpha value is -1.07. The Morgan fingerprint density at radius 1 is 1.17 bits per heavy atom. The molecule has 0 saturated carbocycles. The lowest BCUT2D eigenvalue weighted by atomic mass is 10.1. The second-order valence-corrected chi connectivity index (χ2v) is 10.0. The molecule has 1 aromatic heterocycles. The van der Waals surface area contributed by atoms with Crippen LogP contribution in [0.5, 0.6) is 0 Å². The van der Waals surface area contributed by atoms with Crippen molar-refractivity contribution in [3.8, 4) is 0 Å². The molecule has 0 aliphatic carbocycles. The number of nitrogens with two attached hydrogens (primary N) is 2. The average Bonchev–Trinajstić information content (AvgIpc) is 2.85. The summed E-state index contributed by atoms with van der Waals surface area (Å²) in [6, 6.07) is 1.23. The van der Waals surface area contributed by atoms with Gasteiger partial charge in [0, 0.05) is 6.20 Å². The van der Waals surface area contributed by atoms with Crippen LogP contribution in [0.25, 0.3) is 0 Å². The Morgan fingerprint density at radius 3 is 2.33 bits per heavy atom. The van der Waals surface area contributed by atoms with E-state index in [1.54, 1.807) is 0 Å². The molecule has 2 heterocycles. The molecule has 1 aliphatic rings. The highest BCUT2D eigenvalue weighted by Gasteiger charge is 2.48. The average molecular weight is 498 g/mol. The maximum absolute atomic E-state index is 11.9. The number of phosphoric acid groups is 3. The molecule has 6 atom stereocenters. The fraction of sp³-hybridized carbons (Fsp3) is 0.556. The summed E-state index contributed by atoms with van der Waals surface area (Å²) in [5, 5.41) is 10.2. The minimum Gasteiger partial charge on any atom is -0.387 e. The predicted molar refractivity (Wildman–Crippen MR) is 91.7 cm³/mol. The quantitative estimate of drug-likeness (QED) is 0.139. The predicted octanol–water partition coefficient (Wildman–Crippen LogP) is -2.31. The van der Waals surface area contributed by atoms with Gasteiger partial charge in [-0.25, -0.2) is 24.4 Å². The lowest BCUT2D eigenvalue weighted by Gasteiger charge is -2.19. The summed E-state index contributed by atoms with van der Waals surface area (Å²) in [4.78, 5) is 55.4. The number of phosphoric ester groups is 1. The van der Waals surface area contributed by atoms with Crippen LogP contribution < -0.4 is 17.3 Å². The molecule has 1 fully saturated rings. The number of ether oxygens (including phenoxy) is 1. The van der Waals surface area contributed by atoms with E-state index in [2.05, 4.69) is 23.0 Å². The van der Waals surface area contributed by atoms with Gasteiger partial charge >= 0.3 is 29.2 Å². The third kappa shape index (κ3) is 6.71. The van der Waals surface area contributed by atoms with E-state index in [1.165, 1.54) is 6.07 Å². The zero-order valence-electron chi connectivity index (χ0n) is 14.5. The normalized spacial score (nSPS) is 28.7. The number of anilines is 1. The van der Waals surface area contributed by atoms with Crippen LogP contribution in [-0.4, -0.2) is 59.2 Å². The summed E-state index contributed by atoms with van der Waals surface area (Å²) < 4.78 is 51.3. The van der Waals surface area contributed by atoms with Gasteiger partial charge in [0.15, 0.2) is 12.3 Å². The fourth-order valence-corrected chi connectivity index (χ4v) is 5.35. The van der Waals surface area contributed by atoms with Crippen LogP contribution in [0.3, 0.4) is 0 Å². The van der Waals surface area contributed by atoms with Crippen LogP contribution in [0.1, 0.15) is 6.23 Å². The van der Waals surface area contributed by atoms with E-state index in [0.29, 0.717) is 0 Å². The minimum absolute atomic E-state index is 0.107. The van der Waals surface area contributed by atoms with Crippen molar-refractivity contribution in [1.29, 1.82) is 0 Å². The second kappa shape index (κ2) is 9.20. The first-order valence-electron chi connectivity index (χ1n) is 7.46. The van der Waals surface area contributed by atoms with Crippen LogP contribution in [0.2, 0.25) is 0 Å². The minimum atomic E-state index is -5.72. The molecule has 21 heteroatoms. The smallest absolute Gasteiger partial charge is 0.387 e. The van der Waals surface area contributed by atoms with Crippen LogP contribution in [0, 0.1) is 0 Å². The first kappa shape index (κ1) is 25.2. The van der Waals surface area contributed by atoms with E-state index in [4.69, 9.17) is 31.0 Å². The highest BCUT2D eigenvalue weighted by Crippen LogP contribution is 2.66. The number of aliphatic hydroxyl groups excluding tert-OH is 1. The van der Waals surface area contributed by atoms with Gasteiger partial charge < -0.3 is 35.2 Å². The maximum Gasteiger partial charge on any atom is 0.490 e. The highest BCUT2D eigenvalue weighted by atomic mass is 31.3. The van der Waals surface area contributed by atoms with Gasteiger partial charge in [-0.1, -0.05) is 0 Å². The molecule has 172 valence electrons. The van der Waals surface area contributed by atoms with Crippen molar-refractivity contribution in [3.05, 3.63) is 22.7 Å². The molecule has 0 spiro atoms. The molecule has 1 aliphatic heterocycles. The van der Waals surface area contributed by atoms with Gasteiger partial charge in [0.25, 0.3) is 0 Å². The van der Waals surface area contributed by atoms with Crippen molar-refractivity contribution in [2.45, 2.75) is 24.5 Å². The topological polar surface area (TPSA) is 285 Å². The molecule has 9 N–H and O–H groups in total. The van der Waals surface area contributed by atoms with E-state index >= 15 is 0 Å². The monoisotopic (exact) mass is 498 g/mol. The lowest BCUT2D eigenvalue weighted by molar-refractivity contribution is -0.0752. The number of nitrogen functional groups attached to an aromatic ring is 1. The van der Waals surface area contributed by atoms with Crippen LogP contribution >= 0.6 is 23.5 Å². The summed E-state index contributed by atoms with van der Waals surface area (Å²) in [7, 11) is -16.7. The third-order valence-electron chi connectivity index (χ3n) is 3.41. The highest BCUT2D eigenvalue weighted by molar-refractivity contribution is 7.66. The van der Waals surface area contributed by atoms with E-state index in [1.807, 2.05) is 0 Å². The Balaban J connectivity index is 2.09. The van der Waals surface area contributed by atoms with Crippen molar-refractivity contribution in [2.75, 3.05) is 12.3 Å². The van der Waals surface area contributed by atoms with Gasteiger partial charge in [0.1, 0.15) is 18.0 Å². The number of hydrogen-bond donors (Lipinski definition) is 7. The summed E-state index contributed by atoms with van der Waals surface area (Å²) in [5.74, 6) is 4.98. The number of aliphatic hydroxyl groups is 1. The Morgan fingerprint density at radius 2 is 1.80 bits per heavy atom. The standard InChI is InChI=1S/C9H17N4O14P3/c10-5-1-2-13(9(15)12-5)8-7(25-11)6(14)4(24-8)3-23-29(19,20)27-30(21,22)26-28(16,17)18/h1-2,4,6-8,14H,3,11H2,(H,19,20)(H,21,22)(H2,10,12,15)(H2,16,17,18)/t4-,6?,7?,8-/m1/s1. The molecule has 1 saturated heterocycles. The first-order valence-corrected chi connectivity index (χ1v) is 12.0. The van der Waals surface area contributed by atoms with Crippen molar-refractivity contribution in [3.63, 3.8) is 0 Å². The van der Waals surface area contributed by atoms with E-state index in [0.717, 1.165) is 10.8 Å². The van der Waals surface area contributed by atoms with E-state index in [-0.39, 0.29) is 5.82 Å². The molecule has 4 unspecified atom stereocenters. The molecule has 0 amide bonds. The Bertz CT molecular complexity index is 964. The molecule has 30 heavy (non-hydrogen) atoms. The Kier molecular flexibility index (Phi) is 7.72. The summed E-state index contributed by atoms with van der Waals surface area (Å²) >= 11 is 0. The van der Waals surface area contributed by atoms with E-state index in [9.17, 15) is 28.5 Å². The first-order chi connectivity index (χ1) is 13.6. The van der Waals surface area contributed by atoms with Gasteiger partial charge in [-0.15, -0.1) is 0 Å². The zero-order chi connectivity index (χ0) is 22.9. The number of aromatic nitrogens is 2. The van der Waals surface area contributed by atoms with Crippen molar-refractivity contribution >= 4 is 29.3 Å². The summed E-state index contributed by atoms with van der Waals surface area (Å²) in [6.45, 7) is -0.988. The van der Waals surface area contributed by atoms with Crippen LogP contribution in [0.4, 0.5) is 5.82 Å². The molecule has 2 rings (SSSR count). The molecular formula is C9H17N4O14P3. The van der Waals surface area contributed by atoms with Gasteiger partial charge in [-0.3, -0.25) is 13.9 Å². The van der Waals surface area contributed by atoms with Crippen molar-refractivity contribution in [1.82, 2.24) is 9.55 Å². The fourth-order valence-electron chi connectivity index (χ4n) is 2.32. The Labute approximate surface area is 166 Å². The molecule has 18 nitrogen and oxygen atoms in total. The molecule has 0 bridgehead atoms.